The Balaban J connectivity index is 1.46. The summed E-state index contributed by atoms with van der Waals surface area (Å²) in [6.07, 6.45) is 2.38. The number of oxazole rings is 1. The molecule has 1 aliphatic rings. The van der Waals surface area contributed by atoms with E-state index in [1.807, 2.05) is 18.2 Å². The Bertz CT molecular complexity index is 1050. The van der Waals surface area contributed by atoms with Crippen LogP contribution in [0.2, 0.25) is 0 Å². The monoisotopic (exact) mass is 322 g/mol. The first-order valence-corrected chi connectivity index (χ1v) is 8.04. The predicted molar refractivity (Wildman–Crippen MR) is 89.3 cm³/mol. The topological polar surface area (TPSA) is 55.9 Å². The molecule has 2 aromatic carbocycles. The van der Waals surface area contributed by atoms with Gasteiger partial charge < -0.3 is 14.3 Å². The van der Waals surface area contributed by atoms with E-state index in [4.69, 9.17) is 9.40 Å². The first-order valence-electron chi connectivity index (χ1n) is 8.04. The van der Waals surface area contributed by atoms with Crippen molar-refractivity contribution >= 4 is 28.1 Å². The van der Waals surface area contributed by atoms with Crippen LogP contribution in [0.5, 0.6) is 0 Å². The lowest BCUT2D eigenvalue weighted by Crippen LogP contribution is -2.08. The number of aromatic nitrogens is 3. The number of halogens is 1. The molecule has 5 nitrogen and oxygen atoms in total. The third-order valence-corrected chi connectivity index (χ3v) is 4.33. The zero-order chi connectivity index (χ0) is 16.1. The van der Waals surface area contributed by atoms with Gasteiger partial charge in [0.05, 0.1) is 17.6 Å². The van der Waals surface area contributed by atoms with Gasteiger partial charge in [0.25, 0.3) is 6.01 Å². The molecule has 0 bridgehead atoms. The predicted octanol–water partition coefficient (Wildman–Crippen LogP) is 4.26. The van der Waals surface area contributed by atoms with E-state index in [9.17, 15) is 4.39 Å². The molecular formula is C18H15FN4O. The van der Waals surface area contributed by atoms with Gasteiger partial charge in [-0.25, -0.2) is 9.37 Å². The Morgan fingerprint density at radius 1 is 1.12 bits per heavy atom. The van der Waals surface area contributed by atoms with Gasteiger partial charge in [-0.2, -0.15) is 4.98 Å². The van der Waals surface area contributed by atoms with Crippen molar-refractivity contribution in [2.75, 3.05) is 5.32 Å². The van der Waals surface area contributed by atoms with Crippen LogP contribution in [0, 0.1) is 5.82 Å². The number of fused-ring (bicyclic) bond motifs is 2. The fourth-order valence-corrected chi connectivity index (χ4v) is 3.09. The van der Waals surface area contributed by atoms with Crippen LogP contribution in [-0.2, 0) is 6.54 Å². The largest absolute Gasteiger partial charge is 0.424 e. The molecule has 5 rings (SSSR count). The molecule has 2 heterocycles. The average Bonchev–Trinajstić information content (AvgIpc) is 3.23. The second-order valence-electron chi connectivity index (χ2n) is 6.10. The van der Waals surface area contributed by atoms with E-state index in [1.54, 1.807) is 6.07 Å². The van der Waals surface area contributed by atoms with Crippen LogP contribution in [0.15, 0.2) is 46.9 Å². The van der Waals surface area contributed by atoms with Crippen LogP contribution in [0.25, 0.3) is 22.1 Å². The maximum absolute atomic E-state index is 13.2. The maximum atomic E-state index is 13.2. The molecule has 2 aromatic heterocycles. The number of imidazole rings is 1. The lowest BCUT2D eigenvalue weighted by molar-refractivity contribution is 0.605. The Labute approximate surface area is 137 Å². The lowest BCUT2D eigenvalue weighted by Gasteiger charge is -2.07. The van der Waals surface area contributed by atoms with Crippen LogP contribution >= 0.6 is 0 Å². The van der Waals surface area contributed by atoms with Gasteiger partial charge in [0.1, 0.15) is 17.2 Å². The van der Waals surface area contributed by atoms with E-state index in [0.717, 1.165) is 16.9 Å². The Morgan fingerprint density at radius 3 is 2.88 bits per heavy atom. The molecule has 0 radical (unpaired) electrons. The van der Waals surface area contributed by atoms with Gasteiger partial charge in [0.2, 0.25) is 0 Å². The molecule has 0 unspecified atom stereocenters. The van der Waals surface area contributed by atoms with Gasteiger partial charge in [0, 0.05) is 12.1 Å². The third-order valence-electron chi connectivity index (χ3n) is 4.33. The number of benzene rings is 2. The van der Waals surface area contributed by atoms with Gasteiger partial charge in [-0.05, 0) is 37.1 Å². The summed E-state index contributed by atoms with van der Waals surface area (Å²) in [4.78, 5) is 9.01. The first-order chi connectivity index (χ1) is 11.8. The minimum atomic E-state index is -0.321. The number of hydrogen-bond donors (Lipinski definition) is 1. The number of rotatable bonds is 4. The van der Waals surface area contributed by atoms with Gasteiger partial charge in [-0.15, -0.1) is 0 Å². The van der Waals surface area contributed by atoms with E-state index >= 15 is 0 Å². The summed E-state index contributed by atoms with van der Waals surface area (Å²) in [5.74, 6) is 0.644. The highest BCUT2D eigenvalue weighted by Gasteiger charge is 2.28. The molecule has 120 valence electrons. The standard InChI is InChI=1S/C18H15FN4O/c19-11-5-8-16-14(9-11)22-18(24-16)20-10-17-21-13-3-1-2-4-15(13)23(17)12-6-7-12/h1-5,8-9,12H,6-7,10H2,(H,20,22). The second-order valence-corrected chi connectivity index (χ2v) is 6.10. The van der Waals surface area contributed by atoms with Crippen molar-refractivity contribution in [2.45, 2.75) is 25.4 Å². The zero-order valence-electron chi connectivity index (χ0n) is 12.9. The average molecular weight is 322 g/mol. The second kappa shape index (κ2) is 5.06. The molecule has 4 aromatic rings. The summed E-state index contributed by atoms with van der Waals surface area (Å²) < 4.78 is 21.2. The summed E-state index contributed by atoms with van der Waals surface area (Å²) in [6, 6.07) is 13.4. The molecule has 6 heteroatoms. The molecule has 1 saturated carbocycles. The number of hydrogen-bond acceptors (Lipinski definition) is 4. The van der Waals surface area contributed by atoms with Crippen molar-refractivity contribution in [3.05, 3.63) is 54.1 Å². The zero-order valence-corrected chi connectivity index (χ0v) is 12.9. The molecular weight excluding hydrogens is 307 g/mol. The number of nitrogens with one attached hydrogen (secondary N) is 1. The van der Waals surface area contributed by atoms with Crippen molar-refractivity contribution in [2.24, 2.45) is 0 Å². The highest BCUT2D eigenvalue weighted by molar-refractivity contribution is 5.76. The summed E-state index contributed by atoms with van der Waals surface area (Å²) in [5.41, 5.74) is 3.24. The van der Waals surface area contributed by atoms with Crippen LogP contribution in [0.1, 0.15) is 24.7 Å². The van der Waals surface area contributed by atoms with E-state index in [-0.39, 0.29) is 5.82 Å². The number of anilines is 1. The van der Waals surface area contributed by atoms with E-state index < -0.39 is 0 Å². The minimum Gasteiger partial charge on any atom is -0.424 e. The molecule has 24 heavy (non-hydrogen) atoms. The molecule has 1 N–H and O–H groups in total. The summed E-state index contributed by atoms with van der Waals surface area (Å²) >= 11 is 0. The van der Waals surface area contributed by atoms with Crippen molar-refractivity contribution in [3.8, 4) is 0 Å². The lowest BCUT2D eigenvalue weighted by atomic mass is 10.3. The molecule has 0 spiro atoms. The molecule has 1 fully saturated rings. The van der Waals surface area contributed by atoms with Crippen LogP contribution < -0.4 is 5.32 Å². The van der Waals surface area contributed by atoms with Gasteiger partial charge in [0.15, 0.2) is 5.58 Å². The quantitative estimate of drug-likeness (QED) is 0.610. The fraction of sp³-hybridized carbons (Fsp3) is 0.222. The minimum absolute atomic E-state index is 0.321. The Morgan fingerprint density at radius 2 is 2.00 bits per heavy atom. The SMILES string of the molecule is Fc1ccc2oc(NCc3nc4ccccc4n3C3CC3)nc2c1. The highest BCUT2D eigenvalue weighted by atomic mass is 19.1. The number of para-hydroxylation sites is 2. The van der Waals surface area contributed by atoms with Crippen LogP contribution in [0.4, 0.5) is 10.4 Å². The summed E-state index contributed by atoms with van der Waals surface area (Å²) in [7, 11) is 0. The highest BCUT2D eigenvalue weighted by Crippen LogP contribution is 2.38. The van der Waals surface area contributed by atoms with E-state index in [1.165, 1.54) is 25.0 Å². The number of nitrogens with zero attached hydrogens (tertiary/aromatic N) is 3. The molecule has 0 atom stereocenters. The van der Waals surface area contributed by atoms with Gasteiger partial charge in [-0.1, -0.05) is 12.1 Å². The fourth-order valence-electron chi connectivity index (χ4n) is 3.09. The molecule has 0 aliphatic heterocycles. The first kappa shape index (κ1) is 13.5. The van der Waals surface area contributed by atoms with Crippen LogP contribution in [-0.4, -0.2) is 14.5 Å². The van der Waals surface area contributed by atoms with Crippen molar-refractivity contribution in [1.29, 1.82) is 0 Å². The van der Waals surface area contributed by atoms with E-state index in [2.05, 4.69) is 20.9 Å². The van der Waals surface area contributed by atoms with Gasteiger partial charge in [-0.3, -0.25) is 0 Å². The molecule has 1 aliphatic carbocycles. The Kier molecular flexibility index (Phi) is 2.85. The van der Waals surface area contributed by atoms with Crippen molar-refractivity contribution in [1.82, 2.24) is 14.5 Å². The normalized spacial score (nSPS) is 14.5. The maximum Gasteiger partial charge on any atom is 0.296 e. The van der Waals surface area contributed by atoms with Crippen molar-refractivity contribution in [3.63, 3.8) is 0 Å². The van der Waals surface area contributed by atoms with Crippen molar-refractivity contribution < 1.29 is 8.81 Å². The molecule has 0 saturated heterocycles. The summed E-state index contributed by atoms with van der Waals surface area (Å²) in [6.45, 7) is 0.514. The smallest absolute Gasteiger partial charge is 0.296 e. The molecule has 0 amide bonds. The third kappa shape index (κ3) is 2.22. The van der Waals surface area contributed by atoms with E-state index in [0.29, 0.717) is 29.7 Å². The van der Waals surface area contributed by atoms with Gasteiger partial charge >= 0.3 is 0 Å². The Hall–Kier alpha value is -2.89. The summed E-state index contributed by atoms with van der Waals surface area (Å²) in [5, 5.41) is 3.17. The van der Waals surface area contributed by atoms with Crippen LogP contribution in [0.3, 0.4) is 0 Å².